The Labute approximate surface area is 153 Å². The monoisotopic (exact) mass is 399 g/mol. The molecule has 4 N–H and O–H groups in total. The summed E-state index contributed by atoms with van der Waals surface area (Å²) in [4.78, 5) is 11.1. The summed E-state index contributed by atoms with van der Waals surface area (Å²) in [6.45, 7) is 6.57. The molecule has 10 heteroatoms. The lowest BCUT2D eigenvalue weighted by molar-refractivity contribution is -0.117. The van der Waals surface area contributed by atoms with E-state index in [-0.39, 0.29) is 12.4 Å². The number of amides is 1. The minimum absolute atomic E-state index is 0. The molecule has 0 saturated carbocycles. The Morgan fingerprint density at radius 2 is 1.80 bits per heavy atom. The minimum atomic E-state index is -4.23. The van der Waals surface area contributed by atoms with Gasteiger partial charge in [-0.15, -0.1) is 12.4 Å². The Morgan fingerprint density at radius 1 is 1.24 bits per heavy atom. The van der Waals surface area contributed by atoms with Gasteiger partial charge >= 0.3 is 0 Å². The van der Waals surface area contributed by atoms with Crippen LogP contribution in [0.4, 0.5) is 14.5 Å². The minimum Gasteiger partial charge on any atom is -0.322 e. The van der Waals surface area contributed by atoms with E-state index in [0.29, 0.717) is 18.9 Å². The highest BCUT2D eigenvalue weighted by Gasteiger charge is 2.27. The van der Waals surface area contributed by atoms with Gasteiger partial charge < -0.3 is 11.1 Å². The van der Waals surface area contributed by atoms with Gasteiger partial charge in [-0.3, -0.25) is 4.79 Å². The Kier molecular flexibility index (Phi) is 8.43. The molecule has 25 heavy (non-hydrogen) atoms. The molecule has 1 atom stereocenters. The summed E-state index contributed by atoms with van der Waals surface area (Å²) in [7, 11) is -4.23. The van der Waals surface area contributed by atoms with Crippen molar-refractivity contribution in [2.75, 3.05) is 5.32 Å². The molecule has 6 nitrogen and oxygen atoms in total. The van der Waals surface area contributed by atoms with Gasteiger partial charge in [-0.2, -0.15) is 0 Å². The number of benzene rings is 1. The normalized spacial score (nSPS) is 13.1. The van der Waals surface area contributed by atoms with Gasteiger partial charge in [0.2, 0.25) is 15.9 Å². The average Bonchev–Trinajstić information content (AvgIpc) is 2.38. The first kappa shape index (κ1) is 23.7. The molecule has 0 fully saturated rings. The molecule has 0 aliphatic carbocycles. The fraction of sp³-hybridized carbons (Fsp3) is 0.533. The SMILES string of the molecule is CCCC(N)C(=O)Nc1cc(S(=O)(=O)NC(C)(C)C)c(F)cc1F.Cl. The number of carbonyl (C=O) groups is 1. The molecule has 0 bridgehead atoms. The van der Waals surface area contributed by atoms with Gasteiger partial charge in [0.25, 0.3) is 0 Å². The van der Waals surface area contributed by atoms with E-state index in [1.165, 1.54) is 0 Å². The zero-order valence-electron chi connectivity index (χ0n) is 14.5. The van der Waals surface area contributed by atoms with Crippen LogP contribution in [0.2, 0.25) is 0 Å². The van der Waals surface area contributed by atoms with E-state index in [4.69, 9.17) is 5.73 Å². The summed E-state index contributed by atoms with van der Waals surface area (Å²) in [6, 6.07) is 0.292. The van der Waals surface area contributed by atoms with Crippen LogP contribution in [0.3, 0.4) is 0 Å². The molecular weight excluding hydrogens is 376 g/mol. The quantitative estimate of drug-likeness (QED) is 0.684. The van der Waals surface area contributed by atoms with E-state index >= 15 is 0 Å². The van der Waals surface area contributed by atoms with E-state index in [1.807, 2.05) is 6.92 Å². The lowest BCUT2D eigenvalue weighted by Gasteiger charge is -2.21. The molecule has 0 aliphatic heterocycles. The molecular formula is C15H24ClF2N3O3S. The van der Waals surface area contributed by atoms with Gasteiger partial charge in [-0.25, -0.2) is 21.9 Å². The fourth-order valence-corrected chi connectivity index (χ4v) is 3.46. The predicted molar refractivity (Wildman–Crippen MR) is 95.2 cm³/mol. The Hall–Kier alpha value is -1.29. The van der Waals surface area contributed by atoms with Crippen LogP contribution >= 0.6 is 12.4 Å². The zero-order valence-corrected chi connectivity index (χ0v) is 16.2. The molecule has 1 unspecified atom stereocenters. The van der Waals surface area contributed by atoms with Crippen LogP contribution in [0.25, 0.3) is 0 Å². The molecule has 1 aromatic carbocycles. The molecule has 0 radical (unpaired) electrons. The molecule has 0 heterocycles. The number of anilines is 1. The fourth-order valence-electron chi connectivity index (χ4n) is 1.96. The standard InChI is InChI=1S/C15H23F2N3O3S.ClH/c1-5-6-11(18)14(21)19-12-8-13(10(17)7-9(12)16)24(22,23)20-15(2,3)4;/h7-8,11,20H,5-6,18H2,1-4H3,(H,19,21);1H. The topological polar surface area (TPSA) is 101 Å². The van der Waals surface area contributed by atoms with Crippen LogP contribution in [0.1, 0.15) is 40.5 Å². The second-order valence-corrected chi connectivity index (χ2v) is 8.15. The van der Waals surface area contributed by atoms with Gasteiger partial charge in [-0.05, 0) is 33.3 Å². The third-order valence-electron chi connectivity index (χ3n) is 2.95. The molecule has 1 rings (SSSR count). The number of rotatable bonds is 6. The number of hydrogen-bond acceptors (Lipinski definition) is 4. The van der Waals surface area contributed by atoms with E-state index in [0.717, 1.165) is 6.07 Å². The lowest BCUT2D eigenvalue weighted by Crippen LogP contribution is -2.41. The van der Waals surface area contributed by atoms with Gasteiger partial charge in [0.15, 0.2) is 0 Å². The van der Waals surface area contributed by atoms with Crippen molar-refractivity contribution in [1.82, 2.24) is 4.72 Å². The molecule has 0 aromatic heterocycles. The predicted octanol–water partition coefficient (Wildman–Crippen LogP) is 2.53. The van der Waals surface area contributed by atoms with Crippen LogP contribution in [0.5, 0.6) is 0 Å². The maximum atomic E-state index is 13.9. The summed E-state index contributed by atoms with van der Waals surface area (Å²) < 4.78 is 54.5. The Morgan fingerprint density at radius 3 is 2.28 bits per heavy atom. The summed E-state index contributed by atoms with van der Waals surface area (Å²) in [5.74, 6) is -3.01. The van der Waals surface area contributed by atoms with Gasteiger partial charge in [0.1, 0.15) is 16.5 Å². The van der Waals surface area contributed by atoms with Crippen molar-refractivity contribution in [2.24, 2.45) is 5.73 Å². The van der Waals surface area contributed by atoms with E-state index < -0.39 is 49.7 Å². The maximum absolute atomic E-state index is 13.9. The van der Waals surface area contributed by atoms with Crippen LogP contribution < -0.4 is 15.8 Å². The number of nitrogens with one attached hydrogen (secondary N) is 2. The lowest BCUT2D eigenvalue weighted by atomic mass is 10.1. The van der Waals surface area contributed by atoms with Crippen molar-refractivity contribution < 1.29 is 22.0 Å². The summed E-state index contributed by atoms with van der Waals surface area (Å²) in [5.41, 5.74) is 4.33. The van der Waals surface area contributed by atoms with Gasteiger partial charge in [0, 0.05) is 11.6 Å². The highest BCUT2D eigenvalue weighted by molar-refractivity contribution is 7.89. The van der Waals surface area contributed by atoms with Gasteiger partial charge in [-0.1, -0.05) is 13.3 Å². The molecule has 0 aliphatic rings. The highest BCUT2D eigenvalue weighted by atomic mass is 35.5. The molecule has 0 spiro atoms. The first-order valence-corrected chi connectivity index (χ1v) is 8.95. The van der Waals surface area contributed by atoms with E-state index in [9.17, 15) is 22.0 Å². The molecule has 144 valence electrons. The summed E-state index contributed by atoms with van der Waals surface area (Å²) in [5, 5.41) is 2.20. The van der Waals surface area contributed by atoms with E-state index in [2.05, 4.69) is 10.0 Å². The maximum Gasteiger partial charge on any atom is 0.244 e. The third kappa shape index (κ3) is 6.85. The van der Waals surface area contributed by atoms with Crippen LogP contribution in [0.15, 0.2) is 17.0 Å². The number of carbonyl (C=O) groups excluding carboxylic acids is 1. The van der Waals surface area contributed by atoms with Crippen molar-refractivity contribution in [2.45, 2.75) is 57.0 Å². The third-order valence-corrected chi connectivity index (χ3v) is 4.72. The van der Waals surface area contributed by atoms with Crippen molar-refractivity contribution in [3.8, 4) is 0 Å². The second kappa shape index (κ2) is 8.88. The van der Waals surface area contributed by atoms with Crippen molar-refractivity contribution in [3.63, 3.8) is 0 Å². The molecule has 1 aromatic rings. The average molecular weight is 400 g/mol. The smallest absolute Gasteiger partial charge is 0.244 e. The second-order valence-electron chi connectivity index (χ2n) is 6.50. The number of halogens is 3. The number of nitrogens with two attached hydrogens (primary N) is 1. The van der Waals surface area contributed by atoms with Crippen LogP contribution in [-0.2, 0) is 14.8 Å². The van der Waals surface area contributed by atoms with Crippen molar-refractivity contribution in [1.29, 1.82) is 0 Å². The van der Waals surface area contributed by atoms with Gasteiger partial charge in [0.05, 0.1) is 11.7 Å². The highest BCUT2D eigenvalue weighted by Crippen LogP contribution is 2.24. The summed E-state index contributed by atoms with van der Waals surface area (Å²) >= 11 is 0. The van der Waals surface area contributed by atoms with Crippen molar-refractivity contribution >= 4 is 34.0 Å². The first-order valence-electron chi connectivity index (χ1n) is 7.47. The summed E-state index contributed by atoms with van der Waals surface area (Å²) in [6.07, 6.45) is 1.03. The zero-order chi connectivity index (χ0) is 18.7. The van der Waals surface area contributed by atoms with Crippen molar-refractivity contribution in [3.05, 3.63) is 23.8 Å². The van der Waals surface area contributed by atoms with E-state index in [1.54, 1.807) is 20.8 Å². The first-order chi connectivity index (χ1) is 10.9. The number of sulfonamides is 1. The Balaban J connectivity index is 0.00000576. The molecule has 1 amide bonds. The van der Waals surface area contributed by atoms with Crippen LogP contribution in [-0.4, -0.2) is 25.9 Å². The Bertz CT molecular complexity index is 721. The van der Waals surface area contributed by atoms with Crippen LogP contribution in [0, 0.1) is 11.6 Å². The number of hydrogen-bond donors (Lipinski definition) is 3. The molecule has 0 saturated heterocycles. The largest absolute Gasteiger partial charge is 0.322 e.